The Hall–Kier alpha value is -2.41. The molecule has 7 heteroatoms. The second kappa shape index (κ2) is 5.92. The predicted molar refractivity (Wildman–Crippen MR) is 81.3 cm³/mol. The van der Waals surface area contributed by atoms with Gasteiger partial charge in [-0.15, -0.1) is 10.2 Å². The van der Waals surface area contributed by atoms with Crippen LogP contribution < -0.4 is 5.32 Å². The fourth-order valence-electron chi connectivity index (χ4n) is 1.85. The van der Waals surface area contributed by atoms with Gasteiger partial charge in [0.15, 0.2) is 5.16 Å². The maximum absolute atomic E-state index is 12.0. The first-order valence-electron chi connectivity index (χ1n) is 6.38. The number of nitrogens with one attached hydrogen (secondary N) is 1. The molecule has 0 spiro atoms. The Balaban J connectivity index is 1.65. The average molecular weight is 299 g/mol. The fourth-order valence-corrected chi connectivity index (χ4v) is 2.56. The summed E-state index contributed by atoms with van der Waals surface area (Å²) in [5.74, 6) is 0.721. The average Bonchev–Trinajstić information content (AvgIpc) is 2.91. The van der Waals surface area contributed by atoms with Gasteiger partial charge in [-0.3, -0.25) is 9.20 Å². The van der Waals surface area contributed by atoms with Crippen molar-refractivity contribution in [1.29, 1.82) is 0 Å². The van der Waals surface area contributed by atoms with Gasteiger partial charge in [0, 0.05) is 18.1 Å². The number of thioether (sulfide) groups is 1. The number of hydrogen-bond acceptors (Lipinski definition) is 5. The van der Waals surface area contributed by atoms with E-state index in [1.54, 1.807) is 16.7 Å². The lowest BCUT2D eigenvalue weighted by atomic mass is 10.2. The lowest BCUT2D eigenvalue weighted by Gasteiger charge is -2.07. The van der Waals surface area contributed by atoms with Crippen molar-refractivity contribution in [3.63, 3.8) is 0 Å². The lowest BCUT2D eigenvalue weighted by molar-refractivity contribution is -0.113. The van der Waals surface area contributed by atoms with Crippen LogP contribution in [0.25, 0.3) is 5.78 Å². The first-order valence-corrected chi connectivity index (χ1v) is 7.36. The third-order valence-corrected chi connectivity index (χ3v) is 3.85. The molecule has 0 radical (unpaired) electrons. The molecular weight excluding hydrogens is 286 g/mol. The first kappa shape index (κ1) is 13.6. The summed E-state index contributed by atoms with van der Waals surface area (Å²) >= 11 is 1.33. The standard InChI is InChI=1S/C14H13N5OS/c1-10-5-2-3-6-11(10)16-12(20)9-21-14-18-17-13-15-7-4-8-19(13)14/h2-8H,9H2,1H3,(H,16,20). The van der Waals surface area contributed by atoms with Crippen molar-refractivity contribution < 1.29 is 4.79 Å². The van der Waals surface area contributed by atoms with E-state index in [-0.39, 0.29) is 11.7 Å². The number of aromatic nitrogens is 4. The van der Waals surface area contributed by atoms with Gasteiger partial charge >= 0.3 is 0 Å². The number of amides is 1. The molecule has 0 atom stereocenters. The van der Waals surface area contributed by atoms with Gasteiger partial charge in [0.1, 0.15) is 0 Å². The molecule has 2 aromatic heterocycles. The lowest BCUT2D eigenvalue weighted by Crippen LogP contribution is -2.15. The number of carbonyl (C=O) groups is 1. The fraction of sp³-hybridized carbons (Fsp3) is 0.143. The highest BCUT2D eigenvalue weighted by Gasteiger charge is 2.10. The van der Waals surface area contributed by atoms with E-state index in [2.05, 4.69) is 20.5 Å². The van der Waals surface area contributed by atoms with E-state index >= 15 is 0 Å². The molecule has 1 N–H and O–H groups in total. The highest BCUT2D eigenvalue weighted by molar-refractivity contribution is 7.99. The van der Waals surface area contributed by atoms with Gasteiger partial charge in [0.2, 0.25) is 5.91 Å². The van der Waals surface area contributed by atoms with Crippen LogP contribution in [0.3, 0.4) is 0 Å². The highest BCUT2D eigenvalue weighted by Crippen LogP contribution is 2.17. The van der Waals surface area contributed by atoms with Gasteiger partial charge in [0.05, 0.1) is 5.75 Å². The van der Waals surface area contributed by atoms with E-state index in [0.29, 0.717) is 10.9 Å². The zero-order valence-corrected chi connectivity index (χ0v) is 12.2. The molecule has 0 saturated carbocycles. The zero-order valence-electron chi connectivity index (χ0n) is 11.4. The molecule has 1 aromatic carbocycles. The SMILES string of the molecule is Cc1ccccc1NC(=O)CSc1nnc2ncccn12. The minimum atomic E-state index is -0.0741. The summed E-state index contributed by atoms with van der Waals surface area (Å²) in [5.41, 5.74) is 1.86. The Morgan fingerprint density at radius 3 is 3.00 bits per heavy atom. The number of aryl methyl sites for hydroxylation is 1. The summed E-state index contributed by atoms with van der Waals surface area (Å²) in [7, 11) is 0. The van der Waals surface area contributed by atoms with Gasteiger partial charge in [-0.2, -0.15) is 0 Å². The van der Waals surface area contributed by atoms with Crippen LogP contribution in [0, 0.1) is 6.92 Å². The maximum Gasteiger partial charge on any atom is 0.255 e. The van der Waals surface area contributed by atoms with E-state index in [1.807, 2.05) is 37.4 Å². The monoisotopic (exact) mass is 299 g/mol. The van der Waals surface area contributed by atoms with E-state index in [1.165, 1.54) is 11.8 Å². The Morgan fingerprint density at radius 2 is 2.14 bits per heavy atom. The van der Waals surface area contributed by atoms with Gasteiger partial charge < -0.3 is 5.32 Å². The Bertz CT molecular complexity index is 786. The third kappa shape index (κ3) is 3.03. The highest BCUT2D eigenvalue weighted by atomic mass is 32.2. The van der Waals surface area contributed by atoms with Crippen molar-refractivity contribution in [3.8, 4) is 0 Å². The van der Waals surface area contributed by atoms with Crippen molar-refractivity contribution in [2.24, 2.45) is 0 Å². The predicted octanol–water partition coefficient (Wildman–Crippen LogP) is 2.16. The minimum absolute atomic E-state index is 0.0741. The van der Waals surface area contributed by atoms with Crippen LogP contribution in [0.2, 0.25) is 0 Å². The van der Waals surface area contributed by atoms with Crippen LogP contribution in [-0.2, 0) is 4.79 Å². The minimum Gasteiger partial charge on any atom is -0.325 e. The zero-order chi connectivity index (χ0) is 14.7. The van der Waals surface area contributed by atoms with E-state index < -0.39 is 0 Å². The number of nitrogens with zero attached hydrogens (tertiary/aromatic N) is 4. The van der Waals surface area contributed by atoms with Crippen LogP contribution in [-0.4, -0.2) is 31.2 Å². The second-order valence-electron chi connectivity index (χ2n) is 4.42. The quantitative estimate of drug-likeness (QED) is 0.747. The third-order valence-electron chi connectivity index (χ3n) is 2.91. The molecule has 2 heterocycles. The van der Waals surface area contributed by atoms with Crippen LogP contribution in [0.15, 0.2) is 47.9 Å². The van der Waals surface area contributed by atoms with Crippen molar-refractivity contribution in [3.05, 3.63) is 48.3 Å². The van der Waals surface area contributed by atoms with Crippen LogP contribution >= 0.6 is 11.8 Å². The molecule has 0 aliphatic heterocycles. The van der Waals surface area contributed by atoms with Crippen LogP contribution in [0.4, 0.5) is 5.69 Å². The van der Waals surface area contributed by atoms with Crippen LogP contribution in [0.1, 0.15) is 5.56 Å². The topological polar surface area (TPSA) is 72.2 Å². The number of fused-ring (bicyclic) bond motifs is 1. The maximum atomic E-state index is 12.0. The summed E-state index contributed by atoms with van der Waals surface area (Å²) < 4.78 is 1.76. The Morgan fingerprint density at radius 1 is 1.29 bits per heavy atom. The molecule has 6 nitrogen and oxygen atoms in total. The second-order valence-corrected chi connectivity index (χ2v) is 5.37. The molecule has 0 aliphatic carbocycles. The van der Waals surface area contributed by atoms with E-state index in [4.69, 9.17) is 0 Å². The van der Waals surface area contributed by atoms with Crippen molar-refractivity contribution in [1.82, 2.24) is 19.6 Å². The molecule has 21 heavy (non-hydrogen) atoms. The summed E-state index contributed by atoms with van der Waals surface area (Å²) in [6, 6.07) is 9.48. The molecule has 106 valence electrons. The summed E-state index contributed by atoms with van der Waals surface area (Å²) in [6.07, 6.45) is 3.48. The van der Waals surface area contributed by atoms with Gasteiger partial charge in [0.25, 0.3) is 5.78 Å². The van der Waals surface area contributed by atoms with Crippen LogP contribution in [0.5, 0.6) is 0 Å². The van der Waals surface area contributed by atoms with Crippen molar-refractivity contribution in [2.45, 2.75) is 12.1 Å². The van der Waals surface area contributed by atoms with Crippen molar-refractivity contribution >= 4 is 29.1 Å². The summed E-state index contributed by atoms with van der Waals surface area (Å²) in [5, 5.41) is 11.5. The van der Waals surface area contributed by atoms with Gasteiger partial charge in [-0.25, -0.2) is 4.98 Å². The number of rotatable bonds is 4. The summed E-state index contributed by atoms with van der Waals surface area (Å²) in [6.45, 7) is 1.96. The number of anilines is 1. The molecule has 0 unspecified atom stereocenters. The van der Waals surface area contributed by atoms with E-state index in [9.17, 15) is 4.79 Å². The molecule has 0 saturated heterocycles. The molecule has 0 aliphatic rings. The van der Waals surface area contributed by atoms with Crippen molar-refractivity contribution in [2.75, 3.05) is 11.1 Å². The summed E-state index contributed by atoms with van der Waals surface area (Å²) in [4.78, 5) is 16.1. The Kier molecular flexibility index (Phi) is 3.83. The number of benzene rings is 1. The number of carbonyl (C=O) groups excluding carboxylic acids is 1. The molecular formula is C14H13N5OS. The van der Waals surface area contributed by atoms with Gasteiger partial charge in [-0.05, 0) is 24.6 Å². The molecule has 3 aromatic rings. The number of hydrogen-bond donors (Lipinski definition) is 1. The molecule has 0 fully saturated rings. The normalized spacial score (nSPS) is 10.7. The molecule has 3 rings (SSSR count). The largest absolute Gasteiger partial charge is 0.325 e. The first-order chi connectivity index (χ1) is 10.2. The smallest absolute Gasteiger partial charge is 0.255 e. The van der Waals surface area contributed by atoms with E-state index in [0.717, 1.165) is 11.3 Å². The molecule has 1 amide bonds. The molecule has 0 bridgehead atoms. The number of para-hydroxylation sites is 1. The van der Waals surface area contributed by atoms with Gasteiger partial charge in [-0.1, -0.05) is 30.0 Å². The Labute approximate surface area is 125 Å².